The van der Waals surface area contributed by atoms with E-state index in [-0.39, 0.29) is 19.3 Å². The summed E-state index contributed by atoms with van der Waals surface area (Å²) in [6, 6.07) is 0. The predicted molar refractivity (Wildman–Crippen MR) is 362 cm³/mol. The molecular formula is C71H120O16P2. The van der Waals surface area contributed by atoms with Crippen LogP contribution in [0.3, 0.4) is 0 Å². The average molecular weight is 1290 g/mol. The molecule has 0 bridgehead atoms. The summed E-state index contributed by atoms with van der Waals surface area (Å²) in [6.45, 7) is 2.40. The number of ether oxygens (including phenoxy) is 3. The number of phosphoric ester groups is 2. The summed E-state index contributed by atoms with van der Waals surface area (Å²) in [5.41, 5.74) is 0. The van der Waals surface area contributed by atoms with Crippen LogP contribution in [-0.2, 0) is 55.8 Å². The first-order valence-corrected chi connectivity index (χ1v) is 36.8. The number of unbranched alkanes of at least 4 members (excludes halogenated alkanes) is 20. The standard InChI is InChI=1S/C71H120O16P2/c1-4-7-10-13-16-19-22-25-27-29-31-32-34-36-37-40-42-45-48-51-54-57-69(74)81-60-66(72)61-83-88(77,78)84-62-67(73)63-85-89(79,80)86-65-68(87-71(76)59-56-53-50-47-44-39-24-21-18-15-12-9-6-3)64-82-70(75)58-55-52-49-46-43-41-38-35-33-30-28-26-23-20-17-14-11-8-5-2/h8,11,16-17,19-20,25-28,31-33,35-37,41,43,49,52,66-68,72-73H,4-7,9-10,12-15,18,21-24,29-30,34,38-40,42,44-48,50-51,53-65H2,1-3H3,(H,77,78)(H,79,80)/b11-8-,19-16-,20-17-,27-25-,28-26-,32-31-,35-33-,37-36-,43-41-,52-49-. The van der Waals surface area contributed by atoms with Crippen molar-refractivity contribution in [2.75, 3.05) is 39.6 Å². The number of carbonyl (C=O) groups excluding carboxylic acids is 3. The van der Waals surface area contributed by atoms with Gasteiger partial charge in [0.15, 0.2) is 6.10 Å². The lowest BCUT2D eigenvalue weighted by Gasteiger charge is -2.21. The third kappa shape index (κ3) is 65.3. The van der Waals surface area contributed by atoms with Crippen LogP contribution in [0, 0.1) is 0 Å². The van der Waals surface area contributed by atoms with Gasteiger partial charge in [-0.05, 0) is 103 Å². The zero-order chi connectivity index (χ0) is 65.3. The molecule has 0 radical (unpaired) electrons. The van der Waals surface area contributed by atoms with Crippen molar-refractivity contribution in [2.24, 2.45) is 0 Å². The van der Waals surface area contributed by atoms with E-state index in [0.29, 0.717) is 25.7 Å². The minimum absolute atomic E-state index is 0.0436. The zero-order valence-corrected chi connectivity index (χ0v) is 56.8. The third-order valence-corrected chi connectivity index (χ3v) is 15.6. The van der Waals surface area contributed by atoms with Gasteiger partial charge in [0.05, 0.1) is 26.4 Å². The molecule has 0 spiro atoms. The highest BCUT2D eigenvalue weighted by Gasteiger charge is 2.29. The summed E-state index contributed by atoms with van der Waals surface area (Å²) in [7, 11) is -9.80. The van der Waals surface area contributed by atoms with Gasteiger partial charge in [-0.15, -0.1) is 0 Å². The summed E-state index contributed by atoms with van der Waals surface area (Å²) >= 11 is 0. The first kappa shape index (κ1) is 85.0. The number of hydrogen-bond donors (Lipinski definition) is 4. The number of esters is 3. The Hall–Kier alpha value is -4.05. The molecule has 0 heterocycles. The van der Waals surface area contributed by atoms with E-state index in [0.717, 1.165) is 109 Å². The molecule has 0 aliphatic carbocycles. The molecule has 16 nitrogen and oxygen atoms in total. The van der Waals surface area contributed by atoms with Crippen LogP contribution in [0.15, 0.2) is 122 Å². The number of rotatable bonds is 63. The number of phosphoric acid groups is 2. The molecule has 0 saturated heterocycles. The first-order valence-electron chi connectivity index (χ1n) is 33.8. The molecule has 0 aromatic heterocycles. The van der Waals surface area contributed by atoms with E-state index in [1.807, 2.05) is 18.2 Å². The molecule has 5 atom stereocenters. The molecule has 0 rings (SSSR count). The van der Waals surface area contributed by atoms with Crippen molar-refractivity contribution in [2.45, 2.75) is 270 Å². The van der Waals surface area contributed by atoms with Crippen molar-refractivity contribution in [1.29, 1.82) is 0 Å². The van der Waals surface area contributed by atoms with Gasteiger partial charge in [-0.1, -0.05) is 251 Å². The number of carbonyl (C=O) groups is 3. The fourth-order valence-electron chi connectivity index (χ4n) is 8.52. The van der Waals surface area contributed by atoms with Gasteiger partial charge in [-0.25, -0.2) is 9.13 Å². The summed E-state index contributed by atoms with van der Waals surface area (Å²) in [5.74, 6) is -1.69. The van der Waals surface area contributed by atoms with Gasteiger partial charge in [0.1, 0.15) is 25.4 Å². The van der Waals surface area contributed by atoms with E-state index in [1.165, 1.54) is 77.0 Å². The van der Waals surface area contributed by atoms with E-state index in [9.17, 15) is 43.5 Å². The summed E-state index contributed by atoms with van der Waals surface area (Å²) in [5, 5.41) is 20.5. The normalized spacial score (nSPS) is 15.0. The summed E-state index contributed by atoms with van der Waals surface area (Å²) in [4.78, 5) is 58.3. The van der Waals surface area contributed by atoms with Crippen molar-refractivity contribution in [3.8, 4) is 0 Å². The van der Waals surface area contributed by atoms with Crippen molar-refractivity contribution < 1.29 is 75.8 Å². The molecule has 4 N–H and O–H groups in total. The Kier molecular flexibility index (Phi) is 61.2. The van der Waals surface area contributed by atoms with Crippen LogP contribution in [-0.4, -0.2) is 95.9 Å². The third-order valence-electron chi connectivity index (χ3n) is 13.7. The Bertz CT molecular complexity index is 2110. The second kappa shape index (κ2) is 64.1. The maximum Gasteiger partial charge on any atom is 0.472 e. The van der Waals surface area contributed by atoms with Crippen LogP contribution in [0.25, 0.3) is 0 Å². The fourth-order valence-corrected chi connectivity index (χ4v) is 10.1. The van der Waals surface area contributed by atoms with Gasteiger partial charge >= 0.3 is 33.6 Å². The van der Waals surface area contributed by atoms with Crippen LogP contribution >= 0.6 is 15.6 Å². The van der Waals surface area contributed by atoms with E-state index in [4.69, 9.17) is 32.3 Å². The number of hydrogen-bond acceptors (Lipinski definition) is 14. The van der Waals surface area contributed by atoms with Crippen LogP contribution in [0.2, 0.25) is 0 Å². The Morgan fingerprint density at radius 3 is 1.03 bits per heavy atom. The minimum Gasteiger partial charge on any atom is -0.463 e. The predicted octanol–water partition coefficient (Wildman–Crippen LogP) is 18.6. The van der Waals surface area contributed by atoms with Crippen LogP contribution in [0.4, 0.5) is 0 Å². The van der Waals surface area contributed by atoms with Gasteiger partial charge < -0.3 is 34.2 Å². The van der Waals surface area contributed by atoms with Gasteiger partial charge in [0.25, 0.3) is 0 Å². The maximum absolute atomic E-state index is 12.9. The molecule has 510 valence electrons. The second-order valence-corrected chi connectivity index (χ2v) is 25.2. The highest BCUT2D eigenvalue weighted by atomic mass is 31.2. The van der Waals surface area contributed by atoms with Crippen molar-refractivity contribution in [3.05, 3.63) is 122 Å². The highest BCUT2D eigenvalue weighted by Crippen LogP contribution is 2.45. The smallest absolute Gasteiger partial charge is 0.463 e. The number of aliphatic hydroxyl groups is 2. The van der Waals surface area contributed by atoms with Crippen molar-refractivity contribution in [1.82, 2.24) is 0 Å². The Morgan fingerprint density at radius 2 is 0.618 bits per heavy atom. The molecular weight excluding hydrogens is 1170 g/mol. The molecule has 0 saturated carbocycles. The minimum atomic E-state index is -4.94. The Labute approximate surface area is 538 Å². The first-order chi connectivity index (χ1) is 43.2. The molecule has 0 amide bonds. The average Bonchev–Trinajstić information content (AvgIpc) is 3.72. The van der Waals surface area contributed by atoms with Crippen molar-refractivity contribution >= 4 is 33.6 Å². The largest absolute Gasteiger partial charge is 0.472 e. The summed E-state index contributed by atoms with van der Waals surface area (Å²) in [6.07, 6.45) is 72.7. The van der Waals surface area contributed by atoms with Gasteiger partial charge in [0.2, 0.25) is 0 Å². The van der Waals surface area contributed by atoms with Gasteiger partial charge in [-0.3, -0.25) is 32.5 Å². The molecule has 0 aromatic carbocycles. The maximum atomic E-state index is 12.9. The monoisotopic (exact) mass is 1290 g/mol. The fraction of sp³-hybridized carbons (Fsp3) is 0.676. The van der Waals surface area contributed by atoms with E-state index in [1.54, 1.807) is 0 Å². The van der Waals surface area contributed by atoms with Crippen LogP contribution < -0.4 is 0 Å². The van der Waals surface area contributed by atoms with Crippen LogP contribution in [0.5, 0.6) is 0 Å². The number of allylic oxidation sites excluding steroid dienone is 20. The molecule has 5 unspecified atom stereocenters. The van der Waals surface area contributed by atoms with E-state index in [2.05, 4.69) is 124 Å². The summed E-state index contributed by atoms with van der Waals surface area (Å²) < 4.78 is 60.7. The van der Waals surface area contributed by atoms with Crippen LogP contribution in [0.1, 0.15) is 252 Å². The Balaban J connectivity index is 4.72. The molecule has 0 aliphatic heterocycles. The van der Waals surface area contributed by atoms with Gasteiger partial charge in [-0.2, -0.15) is 0 Å². The topological polar surface area (TPSA) is 231 Å². The molecule has 0 fully saturated rings. The lowest BCUT2D eigenvalue weighted by molar-refractivity contribution is -0.161. The highest BCUT2D eigenvalue weighted by molar-refractivity contribution is 7.47. The zero-order valence-electron chi connectivity index (χ0n) is 55.1. The quantitative estimate of drug-likeness (QED) is 0.0146. The Morgan fingerprint density at radius 1 is 0.326 bits per heavy atom. The number of aliphatic hydroxyl groups excluding tert-OH is 2. The van der Waals surface area contributed by atoms with E-state index < -0.39 is 91.5 Å². The SMILES string of the molecule is CC/C=C\C/C=C\C/C=C\C/C=C\C/C=C\C/C=C\CCC(=O)OCC(COP(=O)(O)OCC(O)COP(=O)(O)OCC(O)COC(=O)CCCCCCC/C=C\C/C=C\C/C=C\C/C=C\CCCCC)OC(=O)CCCCCCCCCCCCCCC. The van der Waals surface area contributed by atoms with Gasteiger partial charge in [0, 0.05) is 19.3 Å². The lowest BCUT2D eigenvalue weighted by Crippen LogP contribution is -2.30. The second-order valence-electron chi connectivity index (χ2n) is 22.2. The van der Waals surface area contributed by atoms with Crippen molar-refractivity contribution in [3.63, 3.8) is 0 Å². The molecule has 0 aliphatic rings. The molecule has 89 heavy (non-hydrogen) atoms. The van der Waals surface area contributed by atoms with E-state index >= 15 is 0 Å². The molecule has 0 aromatic rings. The molecule has 18 heteroatoms. The lowest BCUT2D eigenvalue weighted by atomic mass is 10.0.